The molecule has 0 aliphatic rings. The lowest BCUT2D eigenvalue weighted by Gasteiger charge is -2.07. The van der Waals surface area contributed by atoms with Crippen LogP contribution in [0.4, 0.5) is 0 Å². The highest BCUT2D eigenvalue weighted by Crippen LogP contribution is 2.28. The van der Waals surface area contributed by atoms with Gasteiger partial charge < -0.3 is 9.15 Å². The maximum absolute atomic E-state index is 6.24. The third-order valence-electron chi connectivity index (χ3n) is 2.48. The Bertz CT molecular complexity index is 476. The van der Waals surface area contributed by atoms with Crippen LogP contribution in [0.15, 0.2) is 40.8 Å². The van der Waals surface area contributed by atoms with Crippen molar-refractivity contribution in [3.8, 4) is 5.75 Å². The second-order valence-corrected chi connectivity index (χ2v) is 4.56. The van der Waals surface area contributed by atoms with Crippen LogP contribution < -0.4 is 4.74 Å². The van der Waals surface area contributed by atoms with Gasteiger partial charge in [-0.3, -0.25) is 0 Å². The van der Waals surface area contributed by atoms with Crippen LogP contribution in [0.3, 0.4) is 0 Å². The zero-order valence-electron chi connectivity index (χ0n) is 9.32. The highest BCUT2D eigenvalue weighted by atomic mass is 35.5. The summed E-state index contributed by atoms with van der Waals surface area (Å²) in [6.07, 6.45) is 0.690. The first-order valence-electron chi connectivity index (χ1n) is 5.21. The van der Waals surface area contributed by atoms with Crippen molar-refractivity contribution < 1.29 is 9.15 Å². The summed E-state index contributed by atoms with van der Waals surface area (Å²) in [5.74, 6) is 1.52. The van der Waals surface area contributed by atoms with Crippen LogP contribution in [0.2, 0.25) is 5.22 Å². The van der Waals surface area contributed by atoms with Gasteiger partial charge in [-0.2, -0.15) is 0 Å². The van der Waals surface area contributed by atoms with Gasteiger partial charge in [0, 0.05) is 0 Å². The molecule has 4 heteroatoms. The smallest absolute Gasteiger partial charge is 0.193 e. The van der Waals surface area contributed by atoms with Crippen molar-refractivity contribution in [1.82, 2.24) is 0 Å². The maximum atomic E-state index is 6.24. The molecule has 0 saturated heterocycles. The molecule has 0 saturated carbocycles. The Morgan fingerprint density at radius 1 is 1.18 bits per heavy atom. The van der Waals surface area contributed by atoms with E-state index in [9.17, 15) is 0 Å². The van der Waals surface area contributed by atoms with E-state index in [0.717, 1.165) is 11.3 Å². The quantitative estimate of drug-likeness (QED) is 0.766. The summed E-state index contributed by atoms with van der Waals surface area (Å²) in [5.41, 5.74) is 1.12. The molecular weight excluding hydrogens is 259 g/mol. The fourth-order valence-electron chi connectivity index (χ4n) is 1.57. The number of methoxy groups -OCH3 is 1. The summed E-state index contributed by atoms with van der Waals surface area (Å²) in [5, 5.41) is 0.149. The molecule has 2 aromatic rings. The van der Waals surface area contributed by atoms with E-state index in [2.05, 4.69) is 0 Å². The molecule has 0 amide bonds. The monoisotopic (exact) mass is 270 g/mol. The molecule has 90 valence electrons. The molecule has 0 aliphatic carbocycles. The van der Waals surface area contributed by atoms with E-state index in [0.29, 0.717) is 17.4 Å². The van der Waals surface area contributed by atoms with Crippen LogP contribution in [-0.4, -0.2) is 7.11 Å². The molecule has 0 bridgehead atoms. The lowest BCUT2D eigenvalue weighted by Crippen LogP contribution is -1.94. The molecule has 2 nitrogen and oxygen atoms in total. The van der Waals surface area contributed by atoms with Gasteiger partial charge in [0.15, 0.2) is 5.22 Å². The molecule has 1 aromatic heterocycles. The second kappa shape index (κ2) is 5.48. The molecule has 0 spiro atoms. The highest BCUT2D eigenvalue weighted by molar-refractivity contribution is 6.29. The van der Waals surface area contributed by atoms with Gasteiger partial charge in [0.05, 0.1) is 12.5 Å². The molecule has 0 fully saturated rings. The summed E-state index contributed by atoms with van der Waals surface area (Å²) in [6.45, 7) is 0. The van der Waals surface area contributed by atoms with E-state index in [1.807, 2.05) is 24.3 Å². The van der Waals surface area contributed by atoms with Gasteiger partial charge in [-0.25, -0.2) is 0 Å². The molecule has 1 unspecified atom stereocenters. The van der Waals surface area contributed by atoms with Crippen LogP contribution in [0.1, 0.15) is 16.7 Å². The summed E-state index contributed by atoms with van der Waals surface area (Å²) in [7, 11) is 1.64. The standard InChI is InChI=1S/C13H12Cl2O2/c1-16-10-4-2-9(3-5-10)8-11(14)12-6-7-13(15)17-12/h2-7,11H,8H2,1H3. The van der Waals surface area contributed by atoms with Crippen molar-refractivity contribution in [3.63, 3.8) is 0 Å². The SMILES string of the molecule is COc1ccc(CC(Cl)c2ccc(Cl)o2)cc1. The van der Waals surface area contributed by atoms with Gasteiger partial charge >= 0.3 is 0 Å². The van der Waals surface area contributed by atoms with E-state index < -0.39 is 0 Å². The first-order chi connectivity index (χ1) is 8.19. The Hall–Kier alpha value is -1.12. The average Bonchev–Trinajstić information content (AvgIpc) is 2.77. The Balaban J connectivity index is 2.04. The Kier molecular flexibility index (Phi) is 3.97. The number of alkyl halides is 1. The van der Waals surface area contributed by atoms with Crippen molar-refractivity contribution in [3.05, 3.63) is 52.9 Å². The Labute approximate surface area is 110 Å². The van der Waals surface area contributed by atoms with Crippen LogP contribution in [0, 0.1) is 0 Å². The van der Waals surface area contributed by atoms with Crippen LogP contribution in [0.5, 0.6) is 5.75 Å². The molecule has 2 rings (SSSR count). The van der Waals surface area contributed by atoms with Crippen LogP contribution in [0.25, 0.3) is 0 Å². The summed E-state index contributed by atoms with van der Waals surface area (Å²) >= 11 is 11.9. The van der Waals surface area contributed by atoms with Crippen LogP contribution in [-0.2, 0) is 6.42 Å². The fraction of sp³-hybridized carbons (Fsp3) is 0.231. The van der Waals surface area contributed by atoms with Crippen molar-refractivity contribution >= 4 is 23.2 Å². The van der Waals surface area contributed by atoms with Crippen molar-refractivity contribution in [2.75, 3.05) is 7.11 Å². The molecule has 1 atom stereocenters. The van der Waals surface area contributed by atoms with E-state index in [1.165, 1.54) is 0 Å². The predicted molar refractivity (Wildman–Crippen MR) is 69.0 cm³/mol. The molecule has 0 aliphatic heterocycles. The fourth-order valence-corrected chi connectivity index (χ4v) is 2.01. The van der Waals surface area contributed by atoms with Gasteiger partial charge in [0.2, 0.25) is 0 Å². The predicted octanol–water partition coefficient (Wildman–Crippen LogP) is 4.46. The minimum atomic E-state index is -0.212. The number of hydrogen-bond acceptors (Lipinski definition) is 2. The van der Waals surface area contributed by atoms with Gasteiger partial charge in [-0.05, 0) is 47.9 Å². The third kappa shape index (κ3) is 3.18. The average molecular weight is 271 g/mol. The number of ether oxygens (including phenoxy) is 1. The maximum Gasteiger partial charge on any atom is 0.193 e. The largest absolute Gasteiger partial charge is 0.497 e. The number of hydrogen-bond donors (Lipinski definition) is 0. The number of halogens is 2. The molecule has 0 radical (unpaired) electrons. The van der Waals surface area contributed by atoms with Crippen molar-refractivity contribution in [1.29, 1.82) is 0 Å². The van der Waals surface area contributed by atoms with E-state index in [4.69, 9.17) is 32.4 Å². The van der Waals surface area contributed by atoms with E-state index in [1.54, 1.807) is 19.2 Å². The zero-order chi connectivity index (χ0) is 12.3. The van der Waals surface area contributed by atoms with Gasteiger partial charge in [0.1, 0.15) is 11.5 Å². The lowest BCUT2D eigenvalue weighted by molar-refractivity contribution is 0.414. The molecule has 1 aromatic carbocycles. The number of benzene rings is 1. The molecule has 0 N–H and O–H groups in total. The van der Waals surface area contributed by atoms with Gasteiger partial charge in [-0.15, -0.1) is 11.6 Å². The Morgan fingerprint density at radius 2 is 1.88 bits per heavy atom. The zero-order valence-corrected chi connectivity index (χ0v) is 10.8. The lowest BCUT2D eigenvalue weighted by atomic mass is 10.1. The van der Waals surface area contributed by atoms with E-state index in [-0.39, 0.29) is 5.38 Å². The number of furan rings is 1. The molecule has 1 heterocycles. The molecular formula is C13H12Cl2O2. The summed E-state index contributed by atoms with van der Waals surface area (Å²) < 4.78 is 10.4. The topological polar surface area (TPSA) is 22.4 Å². The first kappa shape index (κ1) is 12.3. The highest BCUT2D eigenvalue weighted by Gasteiger charge is 2.13. The first-order valence-corrected chi connectivity index (χ1v) is 6.02. The minimum absolute atomic E-state index is 0.212. The third-order valence-corrected chi connectivity index (χ3v) is 3.05. The van der Waals surface area contributed by atoms with Gasteiger partial charge in [0.25, 0.3) is 0 Å². The second-order valence-electron chi connectivity index (χ2n) is 3.66. The minimum Gasteiger partial charge on any atom is -0.497 e. The normalized spacial score (nSPS) is 12.4. The van der Waals surface area contributed by atoms with Crippen LogP contribution >= 0.6 is 23.2 Å². The van der Waals surface area contributed by atoms with E-state index >= 15 is 0 Å². The van der Waals surface area contributed by atoms with Crippen molar-refractivity contribution in [2.45, 2.75) is 11.8 Å². The number of rotatable bonds is 4. The molecule has 17 heavy (non-hydrogen) atoms. The summed E-state index contributed by atoms with van der Waals surface area (Å²) in [4.78, 5) is 0. The van der Waals surface area contributed by atoms with Crippen molar-refractivity contribution in [2.24, 2.45) is 0 Å². The summed E-state index contributed by atoms with van der Waals surface area (Å²) in [6, 6.07) is 11.3. The Morgan fingerprint density at radius 3 is 2.41 bits per heavy atom. The van der Waals surface area contributed by atoms with Gasteiger partial charge in [-0.1, -0.05) is 12.1 Å².